The third kappa shape index (κ3) is 8.18. The maximum Gasteiger partial charge on any atom is 0.0462 e. The standard InChI is InChI=1S/C60H44N2/c1-3-19-53(20-4-1)61(55-37-27-45(28-38-55)25-31-51-17-11-15-49-13-7-9-23-59(49)51)57-41-33-47(34-42-57)48-35-43-58(44-36-48)62(54-21-5-2-6-22-54)56-39-29-46(30-40-56)26-32-52-18-12-16-50-14-8-10-24-60(50)52/h1-44H. The summed E-state index contributed by atoms with van der Waals surface area (Å²) in [4.78, 5) is 4.63. The Kier molecular flexibility index (Phi) is 10.8. The van der Waals surface area contributed by atoms with E-state index in [0.29, 0.717) is 0 Å². The Hall–Kier alpha value is -8.20. The number of rotatable bonds is 11. The van der Waals surface area contributed by atoms with Gasteiger partial charge in [0, 0.05) is 34.1 Å². The van der Waals surface area contributed by atoms with Gasteiger partial charge in [-0.15, -0.1) is 0 Å². The zero-order chi connectivity index (χ0) is 41.5. The second-order valence-electron chi connectivity index (χ2n) is 15.4. The van der Waals surface area contributed by atoms with Crippen LogP contribution in [0.4, 0.5) is 34.1 Å². The summed E-state index contributed by atoms with van der Waals surface area (Å²) >= 11 is 0. The minimum absolute atomic E-state index is 1.10. The Morgan fingerprint density at radius 1 is 0.226 bits per heavy atom. The summed E-state index contributed by atoms with van der Waals surface area (Å²) < 4.78 is 0. The first-order valence-electron chi connectivity index (χ1n) is 21.2. The third-order valence-electron chi connectivity index (χ3n) is 11.5. The van der Waals surface area contributed by atoms with Gasteiger partial charge in [-0.1, -0.05) is 194 Å². The molecule has 0 fully saturated rings. The van der Waals surface area contributed by atoms with Crippen molar-refractivity contribution in [2.45, 2.75) is 0 Å². The van der Waals surface area contributed by atoms with Gasteiger partial charge in [0.15, 0.2) is 0 Å². The van der Waals surface area contributed by atoms with Crippen LogP contribution in [0.5, 0.6) is 0 Å². The van der Waals surface area contributed by atoms with Gasteiger partial charge in [0.05, 0.1) is 0 Å². The number of para-hydroxylation sites is 2. The highest BCUT2D eigenvalue weighted by atomic mass is 15.1. The number of nitrogens with zero attached hydrogens (tertiary/aromatic N) is 2. The zero-order valence-corrected chi connectivity index (χ0v) is 34.3. The van der Waals surface area contributed by atoms with Gasteiger partial charge in [0.2, 0.25) is 0 Å². The summed E-state index contributed by atoms with van der Waals surface area (Å²) in [6.07, 6.45) is 8.81. The lowest BCUT2D eigenvalue weighted by molar-refractivity contribution is 1.28. The van der Waals surface area contributed by atoms with Crippen molar-refractivity contribution in [2.24, 2.45) is 0 Å². The molecule has 62 heavy (non-hydrogen) atoms. The van der Waals surface area contributed by atoms with Gasteiger partial charge in [-0.25, -0.2) is 0 Å². The van der Waals surface area contributed by atoms with E-state index in [2.05, 4.69) is 277 Å². The van der Waals surface area contributed by atoms with Crippen molar-refractivity contribution in [2.75, 3.05) is 9.80 Å². The van der Waals surface area contributed by atoms with Crippen molar-refractivity contribution in [1.29, 1.82) is 0 Å². The van der Waals surface area contributed by atoms with Crippen molar-refractivity contribution in [3.8, 4) is 11.1 Å². The maximum atomic E-state index is 2.31. The van der Waals surface area contributed by atoms with E-state index in [4.69, 9.17) is 0 Å². The quantitative estimate of drug-likeness (QED) is 0.120. The second kappa shape index (κ2) is 17.6. The second-order valence-corrected chi connectivity index (χ2v) is 15.4. The van der Waals surface area contributed by atoms with Gasteiger partial charge in [-0.2, -0.15) is 0 Å². The first-order valence-corrected chi connectivity index (χ1v) is 21.2. The summed E-state index contributed by atoms with van der Waals surface area (Å²) in [6, 6.07) is 86.5. The van der Waals surface area contributed by atoms with Crippen LogP contribution in [0.1, 0.15) is 22.3 Å². The minimum atomic E-state index is 1.10. The highest BCUT2D eigenvalue weighted by Crippen LogP contribution is 2.38. The van der Waals surface area contributed by atoms with E-state index in [1.807, 2.05) is 0 Å². The summed E-state index contributed by atoms with van der Waals surface area (Å²) in [5, 5.41) is 5.02. The molecule has 0 heterocycles. The van der Waals surface area contributed by atoms with Crippen LogP contribution in [0.3, 0.4) is 0 Å². The smallest absolute Gasteiger partial charge is 0.0462 e. The molecule has 0 aliphatic rings. The van der Waals surface area contributed by atoms with Crippen LogP contribution in [0, 0.1) is 0 Å². The third-order valence-corrected chi connectivity index (χ3v) is 11.5. The molecule has 0 aliphatic carbocycles. The maximum absolute atomic E-state index is 2.31. The molecule has 0 amide bonds. The normalized spacial score (nSPS) is 11.4. The van der Waals surface area contributed by atoms with Gasteiger partial charge < -0.3 is 9.80 Å². The Morgan fingerprint density at radius 3 is 0.919 bits per heavy atom. The van der Waals surface area contributed by atoms with Gasteiger partial charge in [-0.05, 0) is 128 Å². The van der Waals surface area contributed by atoms with E-state index in [1.165, 1.54) is 32.7 Å². The Morgan fingerprint density at radius 2 is 0.532 bits per heavy atom. The molecular weight excluding hydrogens is 749 g/mol. The number of anilines is 6. The largest absolute Gasteiger partial charge is 0.311 e. The predicted octanol–water partition coefficient (Wildman–Crippen LogP) is 16.9. The molecular formula is C60H44N2. The van der Waals surface area contributed by atoms with Crippen LogP contribution < -0.4 is 9.80 Å². The topological polar surface area (TPSA) is 6.48 Å². The van der Waals surface area contributed by atoms with Crippen molar-refractivity contribution in [3.05, 3.63) is 265 Å². The van der Waals surface area contributed by atoms with Gasteiger partial charge in [-0.3, -0.25) is 0 Å². The van der Waals surface area contributed by atoms with Gasteiger partial charge in [0.1, 0.15) is 0 Å². The van der Waals surface area contributed by atoms with Gasteiger partial charge >= 0.3 is 0 Å². The summed E-state index contributed by atoms with van der Waals surface area (Å²) in [5.74, 6) is 0. The number of hydrogen-bond donors (Lipinski definition) is 0. The molecule has 2 nitrogen and oxygen atoms in total. The fourth-order valence-corrected chi connectivity index (χ4v) is 8.29. The zero-order valence-electron chi connectivity index (χ0n) is 34.3. The monoisotopic (exact) mass is 792 g/mol. The van der Waals surface area contributed by atoms with E-state index in [0.717, 1.165) is 56.4 Å². The average Bonchev–Trinajstić information content (AvgIpc) is 3.35. The molecule has 10 aromatic rings. The SMILES string of the molecule is C(=Cc1cccc2ccccc12)c1ccc(N(c2ccccc2)c2ccc(-c3ccc(N(c4ccccc4)c4ccc(C=Cc5cccc6ccccc56)cc4)cc3)cc2)cc1. The molecule has 0 spiro atoms. The van der Waals surface area contributed by atoms with E-state index >= 15 is 0 Å². The predicted molar refractivity (Wildman–Crippen MR) is 267 cm³/mol. The van der Waals surface area contributed by atoms with E-state index < -0.39 is 0 Å². The highest BCUT2D eigenvalue weighted by molar-refractivity contribution is 5.94. The lowest BCUT2D eigenvalue weighted by atomic mass is 10.0. The molecule has 0 saturated heterocycles. The molecule has 10 aromatic carbocycles. The molecule has 0 radical (unpaired) electrons. The van der Waals surface area contributed by atoms with Crippen LogP contribution in [0.2, 0.25) is 0 Å². The first-order chi connectivity index (χ1) is 30.7. The number of hydrogen-bond acceptors (Lipinski definition) is 2. The Balaban J connectivity index is 0.888. The van der Waals surface area contributed by atoms with Crippen molar-refractivity contribution < 1.29 is 0 Å². The lowest BCUT2D eigenvalue weighted by Crippen LogP contribution is -2.10. The van der Waals surface area contributed by atoms with Crippen LogP contribution in [0.15, 0.2) is 243 Å². The molecule has 0 aliphatic heterocycles. The van der Waals surface area contributed by atoms with Crippen molar-refractivity contribution in [3.63, 3.8) is 0 Å². The van der Waals surface area contributed by atoms with E-state index in [9.17, 15) is 0 Å². The van der Waals surface area contributed by atoms with Crippen LogP contribution in [-0.4, -0.2) is 0 Å². The van der Waals surface area contributed by atoms with Gasteiger partial charge in [0.25, 0.3) is 0 Å². The molecule has 0 unspecified atom stereocenters. The molecule has 10 rings (SSSR count). The van der Waals surface area contributed by atoms with Crippen molar-refractivity contribution >= 4 is 80.0 Å². The van der Waals surface area contributed by atoms with E-state index in [1.54, 1.807) is 0 Å². The summed E-state index contributed by atoms with van der Waals surface area (Å²) in [7, 11) is 0. The first kappa shape index (κ1) is 38.0. The van der Waals surface area contributed by atoms with Crippen molar-refractivity contribution in [1.82, 2.24) is 0 Å². The summed E-state index contributed by atoms with van der Waals surface area (Å²) in [5.41, 5.74) is 13.7. The molecule has 0 aromatic heterocycles. The minimum Gasteiger partial charge on any atom is -0.311 e. The molecule has 0 bridgehead atoms. The van der Waals surface area contributed by atoms with Crippen LogP contribution in [0.25, 0.3) is 57.0 Å². The van der Waals surface area contributed by atoms with Crippen LogP contribution >= 0.6 is 0 Å². The lowest BCUT2D eigenvalue weighted by Gasteiger charge is -2.26. The molecule has 2 heteroatoms. The fourth-order valence-electron chi connectivity index (χ4n) is 8.29. The van der Waals surface area contributed by atoms with Crippen LogP contribution in [-0.2, 0) is 0 Å². The fraction of sp³-hybridized carbons (Fsp3) is 0. The molecule has 0 saturated carbocycles. The van der Waals surface area contributed by atoms with E-state index in [-0.39, 0.29) is 0 Å². The summed E-state index contributed by atoms with van der Waals surface area (Å²) in [6.45, 7) is 0. The number of benzene rings is 10. The Labute approximate surface area is 364 Å². The average molecular weight is 793 g/mol. The molecule has 0 atom stereocenters. The molecule has 0 N–H and O–H groups in total. The molecule has 294 valence electrons. The highest BCUT2D eigenvalue weighted by Gasteiger charge is 2.15. The number of fused-ring (bicyclic) bond motifs is 2. The Bertz CT molecular complexity index is 2900.